The van der Waals surface area contributed by atoms with Crippen molar-refractivity contribution in [2.75, 3.05) is 26.0 Å². The maximum absolute atomic E-state index is 12.1. The van der Waals surface area contributed by atoms with Gasteiger partial charge in [-0.3, -0.25) is 4.79 Å². The van der Waals surface area contributed by atoms with Crippen LogP contribution in [-0.4, -0.2) is 46.4 Å². The summed E-state index contributed by atoms with van der Waals surface area (Å²) < 4.78 is 37.2. The Kier molecular flexibility index (Phi) is 11.8. The third-order valence-electron chi connectivity index (χ3n) is 4.30. The van der Waals surface area contributed by atoms with Gasteiger partial charge in [-0.05, 0) is 49.9 Å². The Morgan fingerprint density at radius 1 is 1.11 bits per heavy atom. The van der Waals surface area contributed by atoms with Gasteiger partial charge in [-0.1, -0.05) is 38.3 Å². The molecule has 0 heterocycles. The maximum Gasteiger partial charge on any atom is 0.324 e. The second kappa shape index (κ2) is 13.5. The number of methoxy groups -OCH3 is 1. The summed E-state index contributed by atoms with van der Waals surface area (Å²) in [5.74, 6) is 0.147. The maximum atomic E-state index is 12.1. The number of nitrogens with two attached hydrogens (primary N) is 1. The Labute approximate surface area is 169 Å². The number of ether oxygens (including phenoxy) is 2. The SMILES string of the molecule is CCCCS(=O)(=O)N[C@@H](Cc1ccc(OCCCCCCN)cc1)C(=O)OC. The molecule has 28 heavy (non-hydrogen) atoms. The Morgan fingerprint density at radius 3 is 2.39 bits per heavy atom. The highest BCUT2D eigenvalue weighted by molar-refractivity contribution is 7.89. The number of esters is 1. The third-order valence-corrected chi connectivity index (χ3v) is 5.77. The van der Waals surface area contributed by atoms with Crippen LogP contribution in [0.5, 0.6) is 5.75 Å². The topological polar surface area (TPSA) is 108 Å². The smallest absolute Gasteiger partial charge is 0.324 e. The van der Waals surface area contributed by atoms with Crippen LogP contribution in [0.15, 0.2) is 24.3 Å². The molecule has 0 aliphatic carbocycles. The third kappa shape index (κ3) is 10.1. The van der Waals surface area contributed by atoms with Crippen molar-refractivity contribution in [3.8, 4) is 5.75 Å². The van der Waals surface area contributed by atoms with Crippen molar-refractivity contribution in [3.05, 3.63) is 29.8 Å². The normalized spacial score (nSPS) is 12.5. The second-order valence-corrected chi connectivity index (χ2v) is 8.64. The van der Waals surface area contributed by atoms with Crippen LogP contribution in [0.4, 0.5) is 0 Å². The molecule has 160 valence electrons. The molecule has 0 saturated heterocycles. The molecule has 0 aliphatic heterocycles. The number of unbranched alkanes of at least 4 members (excludes halogenated alkanes) is 4. The average molecular weight is 415 g/mol. The van der Waals surface area contributed by atoms with E-state index in [1.54, 1.807) is 0 Å². The first-order valence-corrected chi connectivity index (χ1v) is 11.6. The molecule has 0 fully saturated rings. The first-order valence-electron chi connectivity index (χ1n) is 9.91. The predicted octanol–water partition coefficient (Wildman–Crippen LogP) is 2.39. The molecule has 0 amide bonds. The number of carbonyl (C=O) groups is 1. The van der Waals surface area contributed by atoms with Gasteiger partial charge in [0.15, 0.2) is 0 Å². The number of rotatable bonds is 15. The fourth-order valence-corrected chi connectivity index (χ4v) is 4.07. The molecule has 1 aromatic carbocycles. The van der Waals surface area contributed by atoms with E-state index in [0.29, 0.717) is 13.0 Å². The van der Waals surface area contributed by atoms with Crippen molar-refractivity contribution in [2.24, 2.45) is 5.73 Å². The van der Waals surface area contributed by atoms with E-state index in [1.807, 2.05) is 31.2 Å². The molecule has 1 aromatic rings. The van der Waals surface area contributed by atoms with Crippen LogP contribution in [0.3, 0.4) is 0 Å². The lowest BCUT2D eigenvalue weighted by molar-refractivity contribution is -0.142. The van der Waals surface area contributed by atoms with Gasteiger partial charge in [0.1, 0.15) is 11.8 Å². The Balaban J connectivity index is 2.58. The minimum absolute atomic E-state index is 0.00491. The molecule has 7 nitrogen and oxygen atoms in total. The fraction of sp³-hybridized carbons (Fsp3) is 0.650. The fourth-order valence-electron chi connectivity index (χ4n) is 2.67. The molecule has 1 atom stereocenters. The summed E-state index contributed by atoms with van der Waals surface area (Å²) in [6, 6.07) is 6.38. The number of hydrogen-bond acceptors (Lipinski definition) is 6. The monoisotopic (exact) mass is 414 g/mol. The van der Waals surface area contributed by atoms with E-state index in [-0.39, 0.29) is 12.2 Å². The largest absolute Gasteiger partial charge is 0.494 e. The Hall–Kier alpha value is -1.64. The summed E-state index contributed by atoms with van der Waals surface area (Å²) >= 11 is 0. The number of carbonyl (C=O) groups excluding carboxylic acids is 1. The Bertz CT molecular complexity index is 662. The number of sulfonamides is 1. The van der Waals surface area contributed by atoms with Gasteiger partial charge in [0.2, 0.25) is 10.0 Å². The average Bonchev–Trinajstić information content (AvgIpc) is 2.69. The molecular formula is C20H34N2O5S. The van der Waals surface area contributed by atoms with Crippen molar-refractivity contribution in [1.82, 2.24) is 4.72 Å². The summed E-state index contributed by atoms with van der Waals surface area (Å²) in [6.45, 7) is 3.28. The summed E-state index contributed by atoms with van der Waals surface area (Å²) in [4.78, 5) is 12.0. The van der Waals surface area contributed by atoms with Gasteiger partial charge in [-0.2, -0.15) is 0 Å². The zero-order valence-electron chi connectivity index (χ0n) is 17.0. The molecule has 0 unspecified atom stereocenters. The molecule has 0 saturated carbocycles. The summed E-state index contributed by atoms with van der Waals surface area (Å²) in [5.41, 5.74) is 6.29. The zero-order valence-corrected chi connectivity index (χ0v) is 17.8. The Morgan fingerprint density at radius 2 is 1.79 bits per heavy atom. The van der Waals surface area contributed by atoms with Gasteiger partial charge >= 0.3 is 5.97 Å². The minimum Gasteiger partial charge on any atom is -0.494 e. The first kappa shape index (κ1) is 24.4. The van der Waals surface area contributed by atoms with Crippen LogP contribution in [0, 0.1) is 0 Å². The van der Waals surface area contributed by atoms with Crippen molar-refractivity contribution in [2.45, 2.75) is 57.9 Å². The van der Waals surface area contributed by atoms with Crippen molar-refractivity contribution in [3.63, 3.8) is 0 Å². The van der Waals surface area contributed by atoms with E-state index in [2.05, 4.69) is 4.72 Å². The molecule has 0 aliphatic rings. The second-order valence-electron chi connectivity index (χ2n) is 6.77. The van der Waals surface area contributed by atoms with Crippen LogP contribution in [0.1, 0.15) is 51.0 Å². The van der Waals surface area contributed by atoms with Gasteiger partial charge < -0.3 is 15.2 Å². The highest BCUT2D eigenvalue weighted by atomic mass is 32.2. The predicted molar refractivity (Wildman–Crippen MR) is 111 cm³/mol. The standard InChI is InChI=1S/C20H34N2O5S/c1-3-4-15-28(24,25)22-19(20(23)26-2)16-17-9-11-18(12-10-17)27-14-8-6-5-7-13-21/h9-12,19,22H,3-8,13-16,21H2,1-2H3/t19-/m0/s1. The van der Waals surface area contributed by atoms with E-state index in [4.69, 9.17) is 15.2 Å². The van der Waals surface area contributed by atoms with E-state index in [9.17, 15) is 13.2 Å². The van der Waals surface area contributed by atoms with Crippen LogP contribution in [-0.2, 0) is 26.0 Å². The number of hydrogen-bond donors (Lipinski definition) is 2. The summed E-state index contributed by atoms with van der Waals surface area (Å²) in [7, 11) is -2.28. The van der Waals surface area contributed by atoms with Gasteiger partial charge in [-0.25, -0.2) is 13.1 Å². The van der Waals surface area contributed by atoms with E-state index < -0.39 is 22.0 Å². The highest BCUT2D eigenvalue weighted by Gasteiger charge is 2.25. The van der Waals surface area contributed by atoms with Crippen LogP contribution in [0.25, 0.3) is 0 Å². The molecule has 0 spiro atoms. The van der Waals surface area contributed by atoms with Gasteiger partial charge in [0.05, 0.1) is 19.5 Å². The van der Waals surface area contributed by atoms with Crippen LogP contribution < -0.4 is 15.2 Å². The molecular weight excluding hydrogens is 380 g/mol. The van der Waals surface area contributed by atoms with E-state index in [1.165, 1.54) is 7.11 Å². The lowest BCUT2D eigenvalue weighted by atomic mass is 10.1. The first-order chi connectivity index (χ1) is 13.4. The van der Waals surface area contributed by atoms with Gasteiger partial charge in [0.25, 0.3) is 0 Å². The van der Waals surface area contributed by atoms with Crippen molar-refractivity contribution < 1.29 is 22.7 Å². The van der Waals surface area contributed by atoms with Crippen LogP contribution >= 0.6 is 0 Å². The van der Waals surface area contributed by atoms with Crippen molar-refractivity contribution >= 4 is 16.0 Å². The molecule has 8 heteroatoms. The summed E-state index contributed by atoms with van der Waals surface area (Å²) in [6.07, 6.45) is 5.75. The summed E-state index contributed by atoms with van der Waals surface area (Å²) in [5, 5.41) is 0. The van der Waals surface area contributed by atoms with Gasteiger partial charge in [0, 0.05) is 0 Å². The lowest BCUT2D eigenvalue weighted by Gasteiger charge is -2.17. The quantitative estimate of drug-likeness (QED) is 0.337. The van der Waals surface area contributed by atoms with Crippen LogP contribution in [0.2, 0.25) is 0 Å². The molecule has 0 bridgehead atoms. The molecule has 1 rings (SSSR count). The molecule has 0 aromatic heterocycles. The lowest BCUT2D eigenvalue weighted by Crippen LogP contribution is -2.43. The number of nitrogens with one attached hydrogen (secondary N) is 1. The van der Waals surface area contributed by atoms with Gasteiger partial charge in [-0.15, -0.1) is 0 Å². The zero-order chi connectivity index (χ0) is 20.8. The molecule has 3 N–H and O–H groups in total. The highest BCUT2D eigenvalue weighted by Crippen LogP contribution is 2.15. The van der Waals surface area contributed by atoms with Crippen molar-refractivity contribution in [1.29, 1.82) is 0 Å². The number of benzene rings is 1. The molecule has 0 radical (unpaired) electrons. The van der Waals surface area contributed by atoms with E-state index >= 15 is 0 Å². The van der Waals surface area contributed by atoms with E-state index in [0.717, 1.165) is 50.0 Å². The minimum atomic E-state index is -3.53.